The van der Waals surface area contributed by atoms with E-state index in [9.17, 15) is 4.79 Å². The number of hydrazine groups is 1. The van der Waals surface area contributed by atoms with Gasteiger partial charge in [0.25, 0.3) is 5.91 Å². The molecule has 1 saturated heterocycles. The van der Waals surface area contributed by atoms with E-state index in [1.165, 1.54) is 24.8 Å². The van der Waals surface area contributed by atoms with Crippen LogP contribution in [0.2, 0.25) is 0 Å². The van der Waals surface area contributed by atoms with E-state index in [0.717, 1.165) is 60.5 Å². The van der Waals surface area contributed by atoms with Gasteiger partial charge in [-0.2, -0.15) is 0 Å². The van der Waals surface area contributed by atoms with Gasteiger partial charge in [0.05, 0.1) is 12.7 Å². The molecule has 0 spiro atoms. The smallest absolute Gasteiger partial charge is 0.270 e. The molecule has 29 heavy (non-hydrogen) atoms. The van der Waals surface area contributed by atoms with Gasteiger partial charge in [-0.3, -0.25) is 9.80 Å². The Balaban J connectivity index is 1.56. The maximum atomic E-state index is 13.5. The average Bonchev–Trinajstić information content (AvgIpc) is 3.09. The van der Waals surface area contributed by atoms with Crippen LogP contribution in [0.1, 0.15) is 40.9 Å². The predicted octanol–water partition coefficient (Wildman–Crippen LogP) is 4.10. The van der Waals surface area contributed by atoms with Gasteiger partial charge in [0.2, 0.25) is 0 Å². The number of piperidine rings is 1. The molecule has 3 heterocycles. The Bertz CT molecular complexity index is 1050. The van der Waals surface area contributed by atoms with Crippen molar-refractivity contribution in [1.82, 2.24) is 14.6 Å². The molecule has 0 saturated carbocycles. The molecule has 1 fully saturated rings. The fourth-order valence-electron chi connectivity index (χ4n) is 4.82. The van der Waals surface area contributed by atoms with Gasteiger partial charge in [-0.15, -0.1) is 0 Å². The normalized spacial score (nSPS) is 17.6. The zero-order valence-electron chi connectivity index (χ0n) is 16.9. The Morgan fingerprint density at radius 2 is 1.79 bits per heavy atom. The third-order valence-corrected chi connectivity index (χ3v) is 6.24. The number of carbonyl (C=O) groups excluding carboxylic acids is 1. The molecule has 0 bridgehead atoms. The summed E-state index contributed by atoms with van der Waals surface area (Å²) in [5.41, 5.74) is 4.36. The van der Waals surface area contributed by atoms with Crippen LogP contribution in [-0.4, -0.2) is 47.2 Å². The molecular weight excluding hydrogens is 362 g/mol. The number of para-hydroxylation sites is 1. The van der Waals surface area contributed by atoms with Crippen molar-refractivity contribution >= 4 is 16.8 Å². The highest BCUT2D eigenvalue weighted by atomic mass is 16.5. The van der Waals surface area contributed by atoms with Crippen LogP contribution in [0, 0.1) is 0 Å². The second-order valence-corrected chi connectivity index (χ2v) is 7.97. The molecule has 0 N–H and O–H groups in total. The Kier molecular flexibility index (Phi) is 4.76. The van der Waals surface area contributed by atoms with E-state index < -0.39 is 0 Å². The third-order valence-electron chi connectivity index (χ3n) is 6.24. The lowest BCUT2D eigenvalue weighted by Crippen LogP contribution is -2.51. The lowest BCUT2D eigenvalue weighted by atomic mass is 10.0. The number of methoxy groups -OCH3 is 1. The molecule has 5 rings (SSSR count). The van der Waals surface area contributed by atoms with Crippen LogP contribution < -0.4 is 4.74 Å². The summed E-state index contributed by atoms with van der Waals surface area (Å²) in [5.74, 6) is 1.02. The van der Waals surface area contributed by atoms with Gasteiger partial charge in [-0.25, -0.2) is 5.01 Å². The molecule has 0 atom stereocenters. The number of amides is 1. The first-order valence-electron chi connectivity index (χ1n) is 10.6. The number of ether oxygens (including phenoxy) is 1. The summed E-state index contributed by atoms with van der Waals surface area (Å²) in [6.45, 7) is 3.48. The van der Waals surface area contributed by atoms with Gasteiger partial charge in [0.1, 0.15) is 5.75 Å². The quantitative estimate of drug-likeness (QED) is 0.674. The van der Waals surface area contributed by atoms with Crippen molar-refractivity contribution in [2.24, 2.45) is 0 Å². The number of nitrogens with zero attached hydrogens (tertiary/aromatic N) is 3. The molecule has 1 amide bonds. The fraction of sp³-hybridized carbons (Fsp3) is 0.375. The van der Waals surface area contributed by atoms with Crippen LogP contribution in [0.25, 0.3) is 10.9 Å². The van der Waals surface area contributed by atoms with Crippen LogP contribution >= 0.6 is 0 Å². The molecule has 2 aromatic carbocycles. The SMILES string of the molecule is COc1cccc(Cn2c3c(c4ccccc42)C(=O)N(N2CCCCC2)CC3)c1. The number of rotatable bonds is 4. The summed E-state index contributed by atoms with van der Waals surface area (Å²) < 4.78 is 7.72. The maximum absolute atomic E-state index is 13.5. The Morgan fingerprint density at radius 1 is 0.966 bits per heavy atom. The van der Waals surface area contributed by atoms with Gasteiger partial charge in [-0.1, -0.05) is 36.8 Å². The number of aromatic nitrogens is 1. The van der Waals surface area contributed by atoms with Gasteiger partial charge in [0, 0.05) is 49.2 Å². The van der Waals surface area contributed by atoms with Gasteiger partial charge in [-0.05, 0) is 36.6 Å². The minimum atomic E-state index is 0.161. The van der Waals surface area contributed by atoms with Crippen molar-refractivity contribution in [3.05, 3.63) is 65.4 Å². The Morgan fingerprint density at radius 3 is 2.62 bits per heavy atom. The van der Waals surface area contributed by atoms with Crippen molar-refractivity contribution < 1.29 is 9.53 Å². The van der Waals surface area contributed by atoms with Gasteiger partial charge in [0.15, 0.2) is 0 Å². The molecule has 2 aliphatic heterocycles. The largest absolute Gasteiger partial charge is 0.497 e. The van der Waals surface area contributed by atoms with Gasteiger partial charge >= 0.3 is 0 Å². The molecule has 2 aliphatic rings. The number of fused-ring (bicyclic) bond motifs is 3. The first kappa shape index (κ1) is 18.3. The average molecular weight is 389 g/mol. The van der Waals surface area contributed by atoms with E-state index in [0.29, 0.717) is 0 Å². The van der Waals surface area contributed by atoms with Crippen molar-refractivity contribution in [3.63, 3.8) is 0 Å². The van der Waals surface area contributed by atoms with Crippen molar-refractivity contribution in [3.8, 4) is 5.75 Å². The summed E-state index contributed by atoms with van der Waals surface area (Å²) >= 11 is 0. The summed E-state index contributed by atoms with van der Waals surface area (Å²) in [4.78, 5) is 13.5. The monoisotopic (exact) mass is 389 g/mol. The van der Waals surface area contributed by atoms with E-state index in [4.69, 9.17) is 4.74 Å². The molecule has 1 aromatic heterocycles. The van der Waals surface area contributed by atoms with Crippen molar-refractivity contribution in [2.75, 3.05) is 26.7 Å². The first-order chi connectivity index (χ1) is 14.3. The topological polar surface area (TPSA) is 37.7 Å². The summed E-state index contributed by atoms with van der Waals surface area (Å²) in [6, 6.07) is 16.5. The van der Waals surface area contributed by atoms with Crippen molar-refractivity contribution in [2.45, 2.75) is 32.2 Å². The van der Waals surface area contributed by atoms with E-state index in [-0.39, 0.29) is 5.91 Å². The van der Waals surface area contributed by atoms with Crippen LogP contribution in [0.4, 0.5) is 0 Å². The zero-order valence-corrected chi connectivity index (χ0v) is 16.9. The molecule has 150 valence electrons. The number of hydrogen-bond donors (Lipinski definition) is 0. The minimum Gasteiger partial charge on any atom is -0.497 e. The van der Waals surface area contributed by atoms with Crippen LogP contribution in [0.15, 0.2) is 48.5 Å². The summed E-state index contributed by atoms with van der Waals surface area (Å²) in [7, 11) is 1.69. The molecule has 0 radical (unpaired) electrons. The summed E-state index contributed by atoms with van der Waals surface area (Å²) in [5, 5.41) is 5.34. The highest BCUT2D eigenvalue weighted by Gasteiger charge is 2.34. The Hall–Kier alpha value is -2.79. The van der Waals surface area contributed by atoms with Crippen molar-refractivity contribution in [1.29, 1.82) is 0 Å². The molecule has 3 aromatic rings. The molecular formula is C24H27N3O2. The molecule has 0 unspecified atom stereocenters. The fourth-order valence-corrected chi connectivity index (χ4v) is 4.82. The number of hydrogen-bond acceptors (Lipinski definition) is 3. The summed E-state index contributed by atoms with van der Waals surface area (Å²) in [6.07, 6.45) is 4.50. The standard InChI is InChI=1S/C24H27N3O2/c1-29-19-9-7-8-18(16-19)17-26-21-11-4-3-10-20(21)23-22(26)12-15-27(24(23)28)25-13-5-2-6-14-25/h3-4,7-11,16H,2,5-6,12-15,17H2,1H3. The highest BCUT2D eigenvalue weighted by Crippen LogP contribution is 2.33. The van der Waals surface area contributed by atoms with Crippen LogP contribution in [0.3, 0.4) is 0 Å². The van der Waals surface area contributed by atoms with E-state index in [1.807, 2.05) is 23.2 Å². The van der Waals surface area contributed by atoms with Crippen LogP contribution in [-0.2, 0) is 13.0 Å². The Labute approximate surface area is 171 Å². The minimum absolute atomic E-state index is 0.161. The van der Waals surface area contributed by atoms with E-state index >= 15 is 0 Å². The lowest BCUT2D eigenvalue weighted by Gasteiger charge is -2.39. The second kappa shape index (κ2) is 7.56. The molecule has 5 heteroatoms. The third kappa shape index (κ3) is 3.19. The number of carbonyl (C=O) groups is 1. The maximum Gasteiger partial charge on any atom is 0.270 e. The van der Waals surface area contributed by atoms with E-state index in [1.54, 1.807) is 7.11 Å². The lowest BCUT2D eigenvalue weighted by molar-refractivity contribution is -0.0236. The van der Waals surface area contributed by atoms with E-state index in [2.05, 4.69) is 39.9 Å². The second-order valence-electron chi connectivity index (χ2n) is 7.97. The van der Waals surface area contributed by atoms with Gasteiger partial charge < -0.3 is 9.30 Å². The zero-order chi connectivity index (χ0) is 19.8. The first-order valence-corrected chi connectivity index (χ1v) is 10.6. The van der Waals surface area contributed by atoms with Crippen LogP contribution in [0.5, 0.6) is 5.75 Å². The highest BCUT2D eigenvalue weighted by molar-refractivity contribution is 6.09. The predicted molar refractivity (Wildman–Crippen MR) is 114 cm³/mol. The molecule has 5 nitrogen and oxygen atoms in total. The number of benzene rings is 2. The molecule has 0 aliphatic carbocycles.